The summed E-state index contributed by atoms with van der Waals surface area (Å²) in [5.41, 5.74) is 1.33. The second-order valence-corrected chi connectivity index (χ2v) is 5.31. The summed E-state index contributed by atoms with van der Waals surface area (Å²) in [4.78, 5) is 0. The Kier molecular flexibility index (Phi) is 4.22. The van der Waals surface area contributed by atoms with Crippen LogP contribution in [0.2, 0.25) is 0 Å². The van der Waals surface area contributed by atoms with E-state index in [1.807, 2.05) is 12.1 Å². The van der Waals surface area contributed by atoms with Gasteiger partial charge in [0.25, 0.3) is 0 Å². The van der Waals surface area contributed by atoms with Gasteiger partial charge >= 0.3 is 0 Å². The van der Waals surface area contributed by atoms with Gasteiger partial charge in [0, 0.05) is 5.41 Å². The highest BCUT2D eigenvalue weighted by atomic mass is 16.3. The molecular weight excluding hydrogens is 208 g/mol. The van der Waals surface area contributed by atoms with Crippen molar-refractivity contribution in [2.24, 2.45) is 0 Å². The first-order chi connectivity index (χ1) is 8.29. The van der Waals surface area contributed by atoms with Crippen LogP contribution in [0.3, 0.4) is 0 Å². The van der Waals surface area contributed by atoms with Crippen molar-refractivity contribution in [3.63, 3.8) is 0 Å². The fourth-order valence-electron chi connectivity index (χ4n) is 3.27. The third-order valence-corrected chi connectivity index (χ3v) is 4.24. The molecule has 1 aliphatic rings. The van der Waals surface area contributed by atoms with Crippen molar-refractivity contribution in [2.45, 2.75) is 63.4 Å². The molecule has 1 nitrogen and oxygen atoms in total. The molecule has 1 saturated carbocycles. The highest BCUT2D eigenvalue weighted by Gasteiger charge is 2.39. The van der Waals surface area contributed by atoms with Crippen LogP contribution in [0, 0.1) is 6.07 Å². The lowest BCUT2D eigenvalue weighted by Crippen LogP contribution is -2.41. The summed E-state index contributed by atoms with van der Waals surface area (Å²) in [6.07, 6.45) is 7.88. The van der Waals surface area contributed by atoms with Gasteiger partial charge in [-0.05, 0) is 30.9 Å². The van der Waals surface area contributed by atoms with E-state index in [0.29, 0.717) is 0 Å². The highest BCUT2D eigenvalue weighted by molar-refractivity contribution is 5.27. The molecule has 93 valence electrons. The molecule has 1 fully saturated rings. The molecule has 0 bridgehead atoms. The minimum absolute atomic E-state index is 0.0172. The Morgan fingerprint density at radius 2 is 1.88 bits per heavy atom. The Morgan fingerprint density at radius 1 is 1.24 bits per heavy atom. The van der Waals surface area contributed by atoms with Gasteiger partial charge in [-0.15, -0.1) is 0 Å². The monoisotopic (exact) mass is 231 g/mol. The van der Waals surface area contributed by atoms with Crippen molar-refractivity contribution in [2.75, 3.05) is 0 Å². The summed E-state index contributed by atoms with van der Waals surface area (Å²) in [5.74, 6) is 0. The second kappa shape index (κ2) is 5.68. The zero-order valence-corrected chi connectivity index (χ0v) is 10.8. The minimum atomic E-state index is -0.185. The number of rotatable bonds is 4. The van der Waals surface area contributed by atoms with Crippen LogP contribution >= 0.6 is 0 Å². The molecule has 0 aromatic heterocycles. The van der Waals surface area contributed by atoms with Crippen LogP contribution in [0.25, 0.3) is 0 Å². The first-order valence-electron chi connectivity index (χ1n) is 6.94. The average molecular weight is 231 g/mol. The van der Waals surface area contributed by atoms with E-state index in [-0.39, 0.29) is 11.5 Å². The summed E-state index contributed by atoms with van der Waals surface area (Å²) in [7, 11) is 0. The lowest BCUT2D eigenvalue weighted by atomic mass is 9.65. The third kappa shape index (κ3) is 2.55. The second-order valence-electron chi connectivity index (χ2n) is 5.31. The van der Waals surface area contributed by atoms with E-state index in [9.17, 15) is 5.11 Å². The van der Waals surface area contributed by atoms with Crippen molar-refractivity contribution in [3.8, 4) is 0 Å². The molecular formula is C16H23O. The smallest absolute Gasteiger partial charge is 0.0636 e. The van der Waals surface area contributed by atoms with E-state index in [1.54, 1.807) is 0 Å². The normalized spacial score (nSPS) is 21.1. The highest BCUT2D eigenvalue weighted by Crippen LogP contribution is 2.43. The van der Waals surface area contributed by atoms with Crippen LogP contribution < -0.4 is 0 Å². The third-order valence-electron chi connectivity index (χ3n) is 4.24. The molecule has 1 radical (unpaired) electrons. The van der Waals surface area contributed by atoms with Crippen molar-refractivity contribution < 1.29 is 5.11 Å². The molecule has 1 heteroatoms. The largest absolute Gasteiger partial charge is 0.392 e. The Morgan fingerprint density at radius 3 is 2.47 bits per heavy atom. The van der Waals surface area contributed by atoms with E-state index in [0.717, 1.165) is 25.7 Å². The molecule has 17 heavy (non-hydrogen) atoms. The van der Waals surface area contributed by atoms with Gasteiger partial charge in [0.1, 0.15) is 0 Å². The van der Waals surface area contributed by atoms with Crippen molar-refractivity contribution >= 4 is 0 Å². The van der Waals surface area contributed by atoms with Gasteiger partial charge in [-0.1, -0.05) is 56.9 Å². The zero-order chi connectivity index (χ0) is 12.1. The molecule has 1 aromatic rings. The zero-order valence-electron chi connectivity index (χ0n) is 10.8. The molecule has 2 rings (SSSR count). The molecule has 1 unspecified atom stereocenters. The lowest BCUT2D eigenvalue weighted by molar-refractivity contribution is 0.0464. The summed E-state index contributed by atoms with van der Waals surface area (Å²) in [6.45, 7) is 2.15. The van der Waals surface area contributed by atoms with Gasteiger partial charge in [-0.25, -0.2) is 0 Å². The number of benzene rings is 1. The van der Waals surface area contributed by atoms with E-state index >= 15 is 0 Å². The fraction of sp³-hybridized carbons (Fsp3) is 0.625. The van der Waals surface area contributed by atoms with Crippen LogP contribution in [0.5, 0.6) is 0 Å². The van der Waals surface area contributed by atoms with E-state index in [2.05, 4.69) is 25.1 Å². The summed E-state index contributed by atoms with van der Waals surface area (Å²) in [5, 5.41) is 10.6. The van der Waals surface area contributed by atoms with Gasteiger partial charge in [0.05, 0.1) is 6.10 Å². The molecule has 0 heterocycles. The number of aliphatic hydroxyl groups excluding tert-OH is 1. The number of hydrogen-bond acceptors (Lipinski definition) is 1. The van der Waals surface area contributed by atoms with Gasteiger partial charge in [0.2, 0.25) is 0 Å². The SMILES string of the molecule is CCCC(O)C1(c2cc[c]cc2)CCCCC1. The maximum absolute atomic E-state index is 10.6. The first-order valence-corrected chi connectivity index (χ1v) is 6.94. The van der Waals surface area contributed by atoms with Crippen molar-refractivity contribution in [3.05, 3.63) is 35.9 Å². The van der Waals surface area contributed by atoms with Crippen LogP contribution in [0.4, 0.5) is 0 Å². The van der Waals surface area contributed by atoms with Gasteiger partial charge in [-0.3, -0.25) is 0 Å². The molecule has 1 aromatic carbocycles. The topological polar surface area (TPSA) is 20.2 Å². The molecule has 0 amide bonds. The van der Waals surface area contributed by atoms with Crippen LogP contribution in [0.1, 0.15) is 57.4 Å². The van der Waals surface area contributed by atoms with Crippen molar-refractivity contribution in [1.82, 2.24) is 0 Å². The van der Waals surface area contributed by atoms with E-state index in [1.165, 1.54) is 24.8 Å². The van der Waals surface area contributed by atoms with Crippen LogP contribution in [0.15, 0.2) is 24.3 Å². The first kappa shape index (κ1) is 12.6. The molecule has 0 aliphatic heterocycles. The molecule has 0 saturated heterocycles. The van der Waals surface area contributed by atoms with Gasteiger partial charge in [-0.2, -0.15) is 0 Å². The molecule has 0 spiro atoms. The standard InChI is InChI=1S/C16H23O/c1-2-9-15(17)16(12-7-4-8-13-16)14-10-5-3-6-11-14/h5-6,10-11,15,17H,2,4,7-9,12-13H2,1H3. The Bertz CT molecular complexity index is 325. The Labute approximate surface area is 105 Å². The Balaban J connectivity index is 2.29. The summed E-state index contributed by atoms with van der Waals surface area (Å²) in [6, 6.07) is 11.3. The van der Waals surface area contributed by atoms with E-state index < -0.39 is 0 Å². The average Bonchev–Trinajstić information content (AvgIpc) is 2.41. The minimum Gasteiger partial charge on any atom is -0.392 e. The van der Waals surface area contributed by atoms with Crippen LogP contribution in [-0.4, -0.2) is 11.2 Å². The van der Waals surface area contributed by atoms with Crippen molar-refractivity contribution in [1.29, 1.82) is 0 Å². The maximum atomic E-state index is 10.6. The van der Waals surface area contributed by atoms with E-state index in [4.69, 9.17) is 0 Å². The van der Waals surface area contributed by atoms with Crippen LogP contribution in [-0.2, 0) is 5.41 Å². The van der Waals surface area contributed by atoms with Gasteiger partial charge < -0.3 is 5.11 Å². The predicted molar refractivity (Wildman–Crippen MR) is 71.0 cm³/mol. The van der Waals surface area contributed by atoms with Gasteiger partial charge in [0.15, 0.2) is 0 Å². The molecule has 1 atom stereocenters. The lowest BCUT2D eigenvalue weighted by Gasteiger charge is -2.42. The fourth-order valence-corrected chi connectivity index (χ4v) is 3.27. The number of aliphatic hydroxyl groups is 1. The molecule has 1 N–H and O–H groups in total. The predicted octanol–water partition coefficient (Wildman–Crippen LogP) is 3.85. The number of hydrogen-bond donors (Lipinski definition) is 1. The Hall–Kier alpha value is -0.820. The summed E-state index contributed by atoms with van der Waals surface area (Å²) < 4.78 is 0. The molecule has 1 aliphatic carbocycles. The quantitative estimate of drug-likeness (QED) is 0.834. The maximum Gasteiger partial charge on any atom is 0.0636 e. The summed E-state index contributed by atoms with van der Waals surface area (Å²) >= 11 is 0.